The molecule has 1 amide bonds. The quantitative estimate of drug-likeness (QED) is 0.627. The van der Waals surface area contributed by atoms with Crippen molar-refractivity contribution < 1.29 is 17.6 Å². The SMILES string of the molecule is CCN1CCN(C(=O)CN(Cc2c(F)cccc2Cl)S(=O)(=O)c2ccc(C)cc2)CC1. The van der Waals surface area contributed by atoms with Crippen molar-refractivity contribution in [2.75, 3.05) is 39.3 Å². The van der Waals surface area contributed by atoms with Gasteiger partial charge in [0.1, 0.15) is 5.82 Å². The first kappa shape index (κ1) is 23.7. The van der Waals surface area contributed by atoms with Gasteiger partial charge in [0.05, 0.1) is 11.4 Å². The Balaban J connectivity index is 1.89. The van der Waals surface area contributed by atoms with Crippen LogP contribution in [-0.4, -0.2) is 67.7 Å². The van der Waals surface area contributed by atoms with E-state index in [4.69, 9.17) is 11.6 Å². The highest BCUT2D eigenvalue weighted by atomic mass is 35.5. The maximum atomic E-state index is 14.4. The number of amides is 1. The number of halogens is 2. The monoisotopic (exact) mass is 467 g/mol. The lowest BCUT2D eigenvalue weighted by Crippen LogP contribution is -2.51. The van der Waals surface area contributed by atoms with Gasteiger partial charge in [0.15, 0.2) is 0 Å². The van der Waals surface area contributed by atoms with Crippen LogP contribution < -0.4 is 0 Å². The van der Waals surface area contributed by atoms with Gasteiger partial charge in [0, 0.05) is 43.3 Å². The van der Waals surface area contributed by atoms with Gasteiger partial charge in [0.25, 0.3) is 0 Å². The third-order valence-electron chi connectivity index (χ3n) is 5.54. The first-order valence-corrected chi connectivity index (χ1v) is 12.0. The zero-order valence-corrected chi connectivity index (χ0v) is 19.3. The Morgan fingerprint density at radius 2 is 1.74 bits per heavy atom. The summed E-state index contributed by atoms with van der Waals surface area (Å²) in [6.07, 6.45) is 0. The average Bonchev–Trinajstić information content (AvgIpc) is 2.75. The minimum atomic E-state index is -4.05. The van der Waals surface area contributed by atoms with E-state index in [9.17, 15) is 17.6 Å². The van der Waals surface area contributed by atoms with E-state index in [1.807, 2.05) is 6.92 Å². The molecule has 0 spiro atoms. The van der Waals surface area contributed by atoms with Gasteiger partial charge in [-0.3, -0.25) is 4.79 Å². The number of carbonyl (C=O) groups is 1. The summed E-state index contributed by atoms with van der Waals surface area (Å²) in [5, 5.41) is 0.119. The van der Waals surface area contributed by atoms with Gasteiger partial charge >= 0.3 is 0 Å². The molecule has 1 fully saturated rings. The van der Waals surface area contributed by atoms with Gasteiger partial charge in [-0.25, -0.2) is 12.8 Å². The van der Waals surface area contributed by atoms with E-state index in [1.54, 1.807) is 17.0 Å². The van der Waals surface area contributed by atoms with Crippen LogP contribution in [0.5, 0.6) is 0 Å². The molecule has 0 bridgehead atoms. The lowest BCUT2D eigenvalue weighted by atomic mass is 10.2. The molecule has 0 N–H and O–H groups in total. The van der Waals surface area contributed by atoms with E-state index < -0.39 is 15.8 Å². The molecule has 0 unspecified atom stereocenters. The van der Waals surface area contributed by atoms with E-state index >= 15 is 0 Å². The molecule has 0 saturated carbocycles. The smallest absolute Gasteiger partial charge is 0.243 e. The van der Waals surface area contributed by atoms with Gasteiger partial charge < -0.3 is 9.80 Å². The highest BCUT2D eigenvalue weighted by Crippen LogP contribution is 2.25. The standard InChI is InChI=1S/C22H27ClFN3O3S/c1-3-25-11-13-26(14-12-25)22(28)16-27(15-19-20(23)5-4-6-21(19)24)31(29,30)18-9-7-17(2)8-10-18/h4-10H,3,11-16H2,1-2H3. The second-order valence-corrected chi connectivity index (χ2v) is 9.95. The number of sulfonamides is 1. The summed E-state index contributed by atoms with van der Waals surface area (Å²) in [6.45, 7) is 6.66. The van der Waals surface area contributed by atoms with Gasteiger partial charge in [-0.2, -0.15) is 4.31 Å². The lowest BCUT2D eigenvalue weighted by Gasteiger charge is -2.35. The largest absolute Gasteiger partial charge is 0.339 e. The minimum absolute atomic E-state index is 0.0449. The summed E-state index contributed by atoms with van der Waals surface area (Å²) < 4.78 is 42.2. The fourth-order valence-corrected chi connectivity index (χ4v) is 5.09. The Hall–Kier alpha value is -2.00. The molecular formula is C22H27ClFN3O3S. The van der Waals surface area contributed by atoms with Crippen LogP contribution in [0, 0.1) is 12.7 Å². The topological polar surface area (TPSA) is 60.9 Å². The number of nitrogens with zero attached hydrogens (tertiary/aromatic N) is 3. The number of carbonyl (C=O) groups excluding carboxylic acids is 1. The first-order valence-electron chi connectivity index (χ1n) is 10.2. The Kier molecular flexibility index (Phi) is 7.69. The van der Waals surface area contributed by atoms with E-state index in [-0.39, 0.29) is 34.5 Å². The number of hydrogen-bond donors (Lipinski definition) is 0. The number of benzene rings is 2. The summed E-state index contributed by atoms with van der Waals surface area (Å²) >= 11 is 6.15. The summed E-state index contributed by atoms with van der Waals surface area (Å²) in [7, 11) is -4.05. The molecule has 1 saturated heterocycles. The van der Waals surface area contributed by atoms with Crippen LogP contribution in [0.15, 0.2) is 47.4 Å². The molecule has 168 valence electrons. The van der Waals surface area contributed by atoms with E-state index in [1.165, 1.54) is 30.3 Å². The fraction of sp³-hybridized carbons (Fsp3) is 0.409. The second kappa shape index (κ2) is 10.1. The highest BCUT2D eigenvalue weighted by Gasteiger charge is 2.31. The van der Waals surface area contributed by atoms with Crippen LogP contribution in [-0.2, 0) is 21.4 Å². The summed E-state index contributed by atoms with van der Waals surface area (Å²) in [6, 6.07) is 10.5. The third kappa shape index (κ3) is 5.63. The Morgan fingerprint density at radius 1 is 1.10 bits per heavy atom. The number of likely N-dealkylation sites (N-methyl/N-ethyl adjacent to an activating group) is 1. The van der Waals surface area contributed by atoms with Gasteiger partial charge in [-0.15, -0.1) is 0 Å². The zero-order valence-electron chi connectivity index (χ0n) is 17.7. The molecule has 1 aliphatic rings. The molecular weight excluding hydrogens is 441 g/mol. The Bertz CT molecular complexity index is 1000. The maximum Gasteiger partial charge on any atom is 0.243 e. The number of aryl methyl sites for hydroxylation is 1. The fourth-order valence-electron chi connectivity index (χ4n) is 3.51. The molecule has 1 aliphatic heterocycles. The molecule has 0 atom stereocenters. The van der Waals surface area contributed by atoms with E-state index in [0.717, 1.165) is 29.5 Å². The summed E-state index contributed by atoms with van der Waals surface area (Å²) in [4.78, 5) is 16.9. The molecule has 0 aromatic heterocycles. The van der Waals surface area contributed by atoms with Gasteiger partial charge in [-0.05, 0) is 37.7 Å². The summed E-state index contributed by atoms with van der Waals surface area (Å²) in [5.74, 6) is -0.917. The first-order chi connectivity index (χ1) is 14.7. The Morgan fingerprint density at radius 3 is 2.32 bits per heavy atom. The molecule has 1 heterocycles. The van der Waals surface area contributed by atoms with Crippen LogP contribution in [0.25, 0.3) is 0 Å². The Labute approximate surface area is 188 Å². The third-order valence-corrected chi connectivity index (χ3v) is 7.70. The highest BCUT2D eigenvalue weighted by molar-refractivity contribution is 7.89. The molecule has 0 aliphatic carbocycles. The van der Waals surface area contributed by atoms with E-state index in [2.05, 4.69) is 11.8 Å². The van der Waals surface area contributed by atoms with Gasteiger partial charge in [-0.1, -0.05) is 42.3 Å². The van der Waals surface area contributed by atoms with Crippen LogP contribution >= 0.6 is 11.6 Å². The van der Waals surface area contributed by atoms with Crippen molar-refractivity contribution in [3.63, 3.8) is 0 Å². The molecule has 6 nitrogen and oxygen atoms in total. The molecule has 2 aromatic rings. The molecule has 3 rings (SSSR count). The number of rotatable bonds is 7. The van der Waals surface area contributed by atoms with Crippen molar-refractivity contribution in [1.82, 2.24) is 14.1 Å². The number of piperazine rings is 1. The summed E-state index contributed by atoms with van der Waals surface area (Å²) in [5.41, 5.74) is 0.955. The van der Waals surface area contributed by atoms with Crippen LogP contribution in [0.2, 0.25) is 5.02 Å². The second-order valence-electron chi connectivity index (χ2n) is 7.60. The van der Waals surface area contributed by atoms with Crippen molar-refractivity contribution >= 4 is 27.5 Å². The molecule has 0 radical (unpaired) electrons. The lowest BCUT2D eigenvalue weighted by molar-refractivity contribution is -0.133. The molecule has 31 heavy (non-hydrogen) atoms. The zero-order chi connectivity index (χ0) is 22.6. The van der Waals surface area contributed by atoms with Crippen molar-refractivity contribution in [2.24, 2.45) is 0 Å². The average molecular weight is 468 g/mol. The van der Waals surface area contributed by atoms with Crippen LogP contribution in [0.1, 0.15) is 18.1 Å². The predicted molar refractivity (Wildman–Crippen MR) is 119 cm³/mol. The van der Waals surface area contributed by atoms with E-state index in [0.29, 0.717) is 13.1 Å². The van der Waals surface area contributed by atoms with Crippen LogP contribution in [0.3, 0.4) is 0 Å². The normalized spacial score (nSPS) is 15.5. The van der Waals surface area contributed by atoms with Crippen LogP contribution in [0.4, 0.5) is 4.39 Å². The molecule has 9 heteroatoms. The van der Waals surface area contributed by atoms with Crippen molar-refractivity contribution in [3.8, 4) is 0 Å². The van der Waals surface area contributed by atoms with Gasteiger partial charge in [0.2, 0.25) is 15.9 Å². The van der Waals surface area contributed by atoms with Crippen molar-refractivity contribution in [1.29, 1.82) is 0 Å². The number of hydrogen-bond acceptors (Lipinski definition) is 4. The minimum Gasteiger partial charge on any atom is -0.339 e. The van der Waals surface area contributed by atoms with Crippen molar-refractivity contribution in [2.45, 2.75) is 25.3 Å². The molecule has 2 aromatic carbocycles. The van der Waals surface area contributed by atoms with Crippen molar-refractivity contribution in [3.05, 3.63) is 64.4 Å². The predicted octanol–water partition coefficient (Wildman–Crippen LogP) is 3.14. The maximum absolute atomic E-state index is 14.4.